The van der Waals surface area contributed by atoms with Crippen molar-refractivity contribution in [1.29, 1.82) is 0 Å². The number of halogens is 1. The van der Waals surface area contributed by atoms with Gasteiger partial charge in [-0.05, 0) is 31.1 Å². The number of piperidine rings is 1. The van der Waals surface area contributed by atoms with Crippen LogP contribution >= 0.6 is 0 Å². The predicted octanol–water partition coefficient (Wildman–Crippen LogP) is 3.97. The number of hydrogen-bond acceptors (Lipinski definition) is 3. The van der Waals surface area contributed by atoms with E-state index in [1.54, 1.807) is 13.2 Å². The van der Waals surface area contributed by atoms with Crippen LogP contribution in [0, 0.1) is 11.2 Å². The maximum absolute atomic E-state index is 14.2. The highest BCUT2D eigenvalue weighted by Gasteiger charge is 2.36. The van der Waals surface area contributed by atoms with E-state index in [2.05, 4.69) is 4.90 Å². The summed E-state index contributed by atoms with van der Waals surface area (Å²) < 4.78 is 19.4. The van der Waals surface area contributed by atoms with E-state index in [1.165, 1.54) is 51.0 Å². The third-order valence-corrected chi connectivity index (χ3v) is 5.38. The van der Waals surface area contributed by atoms with E-state index in [0.29, 0.717) is 22.5 Å². The van der Waals surface area contributed by atoms with Crippen molar-refractivity contribution in [2.75, 3.05) is 30.8 Å². The van der Waals surface area contributed by atoms with Crippen LogP contribution in [0.5, 0.6) is 5.75 Å². The SMILES string of the molecule is COc1cc(N2CCC3(CCCCC3)CC2)c(F)cc1N. The zero-order chi connectivity index (χ0) is 14.9. The Balaban J connectivity index is 1.74. The van der Waals surface area contributed by atoms with Gasteiger partial charge in [0.05, 0.1) is 18.5 Å². The molecule has 1 heterocycles. The van der Waals surface area contributed by atoms with Crippen LogP contribution in [0.4, 0.5) is 15.8 Å². The molecule has 1 aliphatic heterocycles. The van der Waals surface area contributed by atoms with Crippen molar-refractivity contribution >= 4 is 11.4 Å². The lowest BCUT2D eigenvalue weighted by atomic mass is 9.68. The van der Waals surface area contributed by atoms with Gasteiger partial charge in [-0.3, -0.25) is 0 Å². The lowest BCUT2D eigenvalue weighted by Crippen LogP contribution is -2.41. The molecular formula is C17H25FN2O. The van der Waals surface area contributed by atoms with Gasteiger partial charge in [0.1, 0.15) is 11.6 Å². The van der Waals surface area contributed by atoms with Crippen LogP contribution in [0.3, 0.4) is 0 Å². The van der Waals surface area contributed by atoms with E-state index in [1.807, 2.05) is 0 Å². The molecule has 2 fully saturated rings. The second-order valence-corrected chi connectivity index (χ2v) is 6.59. The zero-order valence-corrected chi connectivity index (χ0v) is 12.8. The number of hydrogen-bond donors (Lipinski definition) is 1. The first-order chi connectivity index (χ1) is 10.1. The van der Waals surface area contributed by atoms with Gasteiger partial charge in [0, 0.05) is 25.2 Å². The highest BCUT2D eigenvalue weighted by atomic mass is 19.1. The minimum absolute atomic E-state index is 0.243. The molecule has 1 saturated carbocycles. The molecule has 2 aliphatic rings. The lowest BCUT2D eigenvalue weighted by molar-refractivity contribution is 0.144. The summed E-state index contributed by atoms with van der Waals surface area (Å²) in [7, 11) is 1.57. The molecule has 0 radical (unpaired) electrons. The quantitative estimate of drug-likeness (QED) is 0.838. The molecule has 2 N–H and O–H groups in total. The summed E-state index contributed by atoms with van der Waals surface area (Å²) in [6, 6.07) is 3.11. The summed E-state index contributed by atoms with van der Waals surface area (Å²) in [5, 5.41) is 0. The smallest absolute Gasteiger partial charge is 0.148 e. The average Bonchev–Trinajstić information content (AvgIpc) is 2.50. The zero-order valence-electron chi connectivity index (χ0n) is 12.8. The van der Waals surface area contributed by atoms with Crippen LogP contribution in [0.2, 0.25) is 0 Å². The van der Waals surface area contributed by atoms with E-state index >= 15 is 0 Å². The highest BCUT2D eigenvalue weighted by Crippen LogP contribution is 2.45. The maximum Gasteiger partial charge on any atom is 0.148 e. The molecule has 1 aromatic rings. The fourth-order valence-corrected chi connectivity index (χ4v) is 4.00. The van der Waals surface area contributed by atoms with E-state index < -0.39 is 0 Å². The molecule has 0 bridgehead atoms. The number of nitrogen functional groups attached to an aromatic ring is 1. The Hall–Kier alpha value is -1.45. The Kier molecular flexibility index (Phi) is 3.96. The first kappa shape index (κ1) is 14.5. The first-order valence-corrected chi connectivity index (χ1v) is 8.02. The molecule has 0 unspecified atom stereocenters. The molecule has 3 nitrogen and oxygen atoms in total. The normalized spacial score (nSPS) is 21.5. The number of methoxy groups -OCH3 is 1. The Labute approximate surface area is 126 Å². The van der Waals surface area contributed by atoms with E-state index in [4.69, 9.17) is 10.5 Å². The van der Waals surface area contributed by atoms with Crippen molar-refractivity contribution in [2.24, 2.45) is 5.41 Å². The lowest BCUT2D eigenvalue weighted by Gasteiger charge is -2.45. The van der Waals surface area contributed by atoms with Crippen LogP contribution in [-0.4, -0.2) is 20.2 Å². The van der Waals surface area contributed by atoms with Gasteiger partial charge in [0.2, 0.25) is 0 Å². The van der Waals surface area contributed by atoms with Crippen molar-refractivity contribution in [3.63, 3.8) is 0 Å². The molecule has 4 heteroatoms. The van der Waals surface area contributed by atoms with Crippen molar-refractivity contribution < 1.29 is 9.13 Å². The van der Waals surface area contributed by atoms with E-state index in [-0.39, 0.29) is 5.82 Å². The monoisotopic (exact) mass is 292 g/mol. The largest absolute Gasteiger partial charge is 0.495 e. The summed E-state index contributed by atoms with van der Waals surface area (Å²) in [5.74, 6) is 0.317. The van der Waals surface area contributed by atoms with Gasteiger partial charge in [-0.1, -0.05) is 19.3 Å². The second-order valence-electron chi connectivity index (χ2n) is 6.59. The number of ether oxygens (including phenoxy) is 1. The van der Waals surface area contributed by atoms with Crippen molar-refractivity contribution in [3.05, 3.63) is 17.9 Å². The molecule has 3 rings (SSSR count). The molecule has 21 heavy (non-hydrogen) atoms. The van der Waals surface area contributed by atoms with E-state index in [9.17, 15) is 4.39 Å². The molecule has 1 saturated heterocycles. The third kappa shape index (κ3) is 2.81. The Bertz CT molecular complexity index is 502. The third-order valence-electron chi connectivity index (χ3n) is 5.38. The van der Waals surface area contributed by atoms with Crippen molar-refractivity contribution in [3.8, 4) is 5.75 Å². The number of nitrogens with zero attached hydrogens (tertiary/aromatic N) is 1. The summed E-state index contributed by atoms with van der Waals surface area (Å²) in [6.07, 6.45) is 9.18. The van der Waals surface area contributed by atoms with Gasteiger partial charge in [0.25, 0.3) is 0 Å². The fourth-order valence-electron chi connectivity index (χ4n) is 4.00. The van der Waals surface area contributed by atoms with Crippen LogP contribution in [0.25, 0.3) is 0 Å². The van der Waals surface area contributed by atoms with Crippen molar-refractivity contribution in [1.82, 2.24) is 0 Å². The fraction of sp³-hybridized carbons (Fsp3) is 0.647. The molecule has 1 spiro atoms. The molecule has 0 atom stereocenters. The molecule has 0 amide bonds. The number of rotatable bonds is 2. The molecule has 0 aromatic heterocycles. The Morgan fingerprint density at radius 2 is 1.76 bits per heavy atom. The molecular weight excluding hydrogens is 267 g/mol. The Morgan fingerprint density at radius 3 is 2.38 bits per heavy atom. The number of anilines is 2. The minimum Gasteiger partial charge on any atom is -0.495 e. The minimum atomic E-state index is -0.243. The first-order valence-electron chi connectivity index (χ1n) is 8.02. The standard InChI is InChI=1S/C17H25FN2O/c1-21-16-12-15(13(18)11-14(16)19)20-9-7-17(8-10-20)5-3-2-4-6-17/h11-12H,2-10,19H2,1H3. The summed E-state index contributed by atoms with van der Waals surface area (Å²) in [5.41, 5.74) is 7.28. The molecule has 1 aromatic carbocycles. The number of nitrogens with two attached hydrogens (primary N) is 1. The van der Waals surface area contributed by atoms with Gasteiger partial charge in [-0.15, -0.1) is 0 Å². The van der Waals surface area contributed by atoms with Gasteiger partial charge in [-0.25, -0.2) is 4.39 Å². The van der Waals surface area contributed by atoms with Crippen LogP contribution < -0.4 is 15.4 Å². The van der Waals surface area contributed by atoms with Gasteiger partial charge < -0.3 is 15.4 Å². The molecule has 1 aliphatic carbocycles. The predicted molar refractivity (Wildman–Crippen MR) is 84.3 cm³/mol. The van der Waals surface area contributed by atoms with Crippen molar-refractivity contribution in [2.45, 2.75) is 44.9 Å². The van der Waals surface area contributed by atoms with E-state index in [0.717, 1.165) is 13.1 Å². The van der Waals surface area contributed by atoms with Crippen LogP contribution in [-0.2, 0) is 0 Å². The number of benzene rings is 1. The van der Waals surface area contributed by atoms with Crippen LogP contribution in [0.1, 0.15) is 44.9 Å². The Morgan fingerprint density at radius 1 is 1.10 bits per heavy atom. The summed E-state index contributed by atoms with van der Waals surface area (Å²) >= 11 is 0. The maximum atomic E-state index is 14.2. The van der Waals surface area contributed by atoms with Crippen LogP contribution in [0.15, 0.2) is 12.1 Å². The van der Waals surface area contributed by atoms with Gasteiger partial charge in [0.15, 0.2) is 0 Å². The summed E-state index contributed by atoms with van der Waals surface area (Å²) in [6.45, 7) is 1.87. The van der Waals surface area contributed by atoms with Gasteiger partial charge >= 0.3 is 0 Å². The second kappa shape index (κ2) is 5.74. The average molecular weight is 292 g/mol. The summed E-state index contributed by atoms with van der Waals surface area (Å²) in [4.78, 5) is 2.15. The molecule has 116 valence electrons. The van der Waals surface area contributed by atoms with Gasteiger partial charge in [-0.2, -0.15) is 0 Å². The topological polar surface area (TPSA) is 38.5 Å². The highest BCUT2D eigenvalue weighted by molar-refractivity contribution is 5.63.